The van der Waals surface area contributed by atoms with Gasteiger partial charge in [0.15, 0.2) is 0 Å². The molecular weight excluding hydrogens is 252 g/mol. The second-order valence-corrected chi connectivity index (χ2v) is 5.81. The quantitative estimate of drug-likeness (QED) is 0.716. The Morgan fingerprint density at radius 1 is 1.40 bits per heavy atom. The highest BCUT2D eigenvalue weighted by Crippen LogP contribution is 2.37. The van der Waals surface area contributed by atoms with Gasteiger partial charge in [-0.1, -0.05) is 19.9 Å². The van der Waals surface area contributed by atoms with Gasteiger partial charge in [0, 0.05) is 23.8 Å². The Hall–Kier alpha value is -1.55. The lowest BCUT2D eigenvalue weighted by Gasteiger charge is -2.23. The van der Waals surface area contributed by atoms with E-state index in [1.54, 1.807) is 6.07 Å². The largest absolute Gasteiger partial charge is 0.395 e. The molecule has 110 valence electrons. The summed E-state index contributed by atoms with van der Waals surface area (Å²) in [4.78, 5) is 11.9. The summed E-state index contributed by atoms with van der Waals surface area (Å²) in [6.07, 6.45) is 2.60. The van der Waals surface area contributed by atoms with Gasteiger partial charge in [-0.05, 0) is 42.9 Å². The van der Waals surface area contributed by atoms with Crippen LogP contribution >= 0.6 is 0 Å². The SMILES string of the molecule is CC(C)C(Nc1cccc(C(=O)NCCO)c1)C1CC1. The molecule has 1 saturated carbocycles. The first-order valence-corrected chi connectivity index (χ1v) is 7.37. The molecule has 4 heteroatoms. The second-order valence-electron chi connectivity index (χ2n) is 5.81. The molecular formula is C16H24N2O2. The van der Waals surface area contributed by atoms with Crippen molar-refractivity contribution in [2.45, 2.75) is 32.7 Å². The number of amides is 1. The summed E-state index contributed by atoms with van der Waals surface area (Å²) in [5.74, 6) is 1.20. The molecule has 0 saturated heterocycles. The van der Waals surface area contributed by atoms with Crippen molar-refractivity contribution in [3.8, 4) is 0 Å². The van der Waals surface area contributed by atoms with Crippen molar-refractivity contribution < 1.29 is 9.90 Å². The van der Waals surface area contributed by atoms with E-state index in [9.17, 15) is 4.79 Å². The highest BCUT2D eigenvalue weighted by Gasteiger charge is 2.33. The number of anilines is 1. The molecule has 1 unspecified atom stereocenters. The maximum Gasteiger partial charge on any atom is 0.251 e. The molecule has 1 aromatic rings. The zero-order chi connectivity index (χ0) is 14.5. The maximum atomic E-state index is 11.9. The summed E-state index contributed by atoms with van der Waals surface area (Å²) in [6.45, 7) is 4.70. The van der Waals surface area contributed by atoms with Gasteiger partial charge in [-0.15, -0.1) is 0 Å². The number of benzene rings is 1. The van der Waals surface area contributed by atoms with Gasteiger partial charge in [-0.3, -0.25) is 4.79 Å². The van der Waals surface area contributed by atoms with Crippen molar-refractivity contribution in [2.24, 2.45) is 11.8 Å². The molecule has 0 aromatic heterocycles. The van der Waals surface area contributed by atoms with Gasteiger partial charge in [-0.25, -0.2) is 0 Å². The molecule has 2 rings (SSSR count). The minimum atomic E-state index is -0.143. The Bertz CT molecular complexity index is 454. The van der Waals surface area contributed by atoms with E-state index in [4.69, 9.17) is 5.11 Å². The van der Waals surface area contributed by atoms with Crippen molar-refractivity contribution in [3.63, 3.8) is 0 Å². The molecule has 1 aliphatic rings. The first kappa shape index (κ1) is 14.9. The number of aliphatic hydroxyl groups excluding tert-OH is 1. The first-order valence-electron chi connectivity index (χ1n) is 7.37. The predicted octanol–water partition coefficient (Wildman–Crippen LogP) is 2.26. The standard InChI is InChI=1S/C16H24N2O2/c1-11(2)15(12-6-7-12)18-14-5-3-4-13(10-14)16(20)17-8-9-19/h3-5,10-12,15,18-19H,6-9H2,1-2H3,(H,17,20). The second kappa shape index (κ2) is 6.75. The van der Waals surface area contributed by atoms with Gasteiger partial charge in [0.1, 0.15) is 0 Å². The van der Waals surface area contributed by atoms with Crippen LogP contribution in [0.5, 0.6) is 0 Å². The van der Waals surface area contributed by atoms with Crippen LogP contribution in [-0.4, -0.2) is 30.2 Å². The molecule has 20 heavy (non-hydrogen) atoms. The van der Waals surface area contributed by atoms with E-state index in [2.05, 4.69) is 24.5 Å². The highest BCUT2D eigenvalue weighted by molar-refractivity contribution is 5.95. The van der Waals surface area contributed by atoms with Gasteiger partial charge in [0.2, 0.25) is 0 Å². The summed E-state index contributed by atoms with van der Waals surface area (Å²) in [5, 5.41) is 15.0. The van der Waals surface area contributed by atoms with Gasteiger partial charge < -0.3 is 15.7 Å². The van der Waals surface area contributed by atoms with Crippen LogP contribution in [0.4, 0.5) is 5.69 Å². The Balaban J connectivity index is 2.03. The molecule has 1 aromatic carbocycles. The van der Waals surface area contributed by atoms with Crippen LogP contribution in [0, 0.1) is 11.8 Å². The van der Waals surface area contributed by atoms with Crippen LogP contribution in [0.15, 0.2) is 24.3 Å². The van der Waals surface area contributed by atoms with Crippen LogP contribution in [0.2, 0.25) is 0 Å². The van der Waals surface area contributed by atoms with Gasteiger partial charge in [0.05, 0.1) is 6.61 Å². The summed E-state index contributed by atoms with van der Waals surface area (Å²) in [7, 11) is 0. The number of carbonyl (C=O) groups excluding carboxylic acids is 1. The molecule has 0 radical (unpaired) electrons. The molecule has 1 atom stereocenters. The number of hydrogen-bond acceptors (Lipinski definition) is 3. The topological polar surface area (TPSA) is 61.4 Å². The first-order chi connectivity index (χ1) is 9.61. The van der Waals surface area contributed by atoms with Crippen LogP contribution in [0.3, 0.4) is 0 Å². The lowest BCUT2D eigenvalue weighted by Crippen LogP contribution is -2.28. The minimum absolute atomic E-state index is 0.0409. The third kappa shape index (κ3) is 3.97. The minimum Gasteiger partial charge on any atom is -0.395 e. The van der Waals surface area contributed by atoms with E-state index < -0.39 is 0 Å². The van der Waals surface area contributed by atoms with E-state index in [1.165, 1.54) is 12.8 Å². The lowest BCUT2D eigenvalue weighted by molar-refractivity contribution is 0.0945. The Labute approximate surface area is 120 Å². The monoisotopic (exact) mass is 276 g/mol. The fourth-order valence-corrected chi connectivity index (χ4v) is 2.50. The third-order valence-corrected chi connectivity index (χ3v) is 3.70. The Morgan fingerprint density at radius 3 is 2.75 bits per heavy atom. The molecule has 1 aliphatic carbocycles. The molecule has 0 heterocycles. The average Bonchev–Trinajstić information content (AvgIpc) is 3.26. The fraction of sp³-hybridized carbons (Fsp3) is 0.562. The molecule has 1 fully saturated rings. The molecule has 1 amide bonds. The number of nitrogens with one attached hydrogen (secondary N) is 2. The van der Waals surface area contributed by atoms with Crippen molar-refractivity contribution in [2.75, 3.05) is 18.5 Å². The van der Waals surface area contributed by atoms with Crippen molar-refractivity contribution >= 4 is 11.6 Å². The Kier molecular flexibility index (Phi) is 5.01. The van der Waals surface area contributed by atoms with Gasteiger partial charge >= 0.3 is 0 Å². The molecule has 0 bridgehead atoms. The summed E-state index contributed by atoms with van der Waals surface area (Å²) < 4.78 is 0. The van der Waals surface area contributed by atoms with E-state index >= 15 is 0 Å². The van der Waals surface area contributed by atoms with Gasteiger partial charge in [0.25, 0.3) is 5.91 Å². The molecule has 0 spiro atoms. The predicted molar refractivity (Wildman–Crippen MR) is 80.8 cm³/mol. The number of rotatable bonds is 7. The van der Waals surface area contributed by atoms with Crippen LogP contribution in [0.1, 0.15) is 37.0 Å². The summed E-state index contributed by atoms with van der Waals surface area (Å²) >= 11 is 0. The van der Waals surface area contributed by atoms with E-state index in [0.717, 1.165) is 11.6 Å². The zero-order valence-corrected chi connectivity index (χ0v) is 12.2. The summed E-state index contributed by atoms with van der Waals surface area (Å²) in [6, 6.07) is 8.04. The Morgan fingerprint density at radius 2 is 2.15 bits per heavy atom. The van der Waals surface area contributed by atoms with Crippen LogP contribution in [-0.2, 0) is 0 Å². The van der Waals surface area contributed by atoms with Crippen molar-refractivity contribution in [1.29, 1.82) is 0 Å². The number of carbonyl (C=O) groups is 1. The highest BCUT2D eigenvalue weighted by atomic mass is 16.3. The zero-order valence-electron chi connectivity index (χ0n) is 12.2. The molecule has 3 N–H and O–H groups in total. The van der Waals surface area contributed by atoms with E-state index in [0.29, 0.717) is 17.5 Å². The maximum absolute atomic E-state index is 11.9. The fourth-order valence-electron chi connectivity index (χ4n) is 2.50. The smallest absolute Gasteiger partial charge is 0.251 e. The van der Waals surface area contributed by atoms with Crippen molar-refractivity contribution in [1.82, 2.24) is 5.32 Å². The third-order valence-electron chi connectivity index (χ3n) is 3.70. The van der Waals surface area contributed by atoms with E-state index in [1.807, 2.05) is 18.2 Å². The lowest BCUT2D eigenvalue weighted by atomic mass is 9.99. The van der Waals surface area contributed by atoms with Crippen LogP contribution in [0.25, 0.3) is 0 Å². The van der Waals surface area contributed by atoms with Crippen LogP contribution < -0.4 is 10.6 Å². The van der Waals surface area contributed by atoms with Gasteiger partial charge in [-0.2, -0.15) is 0 Å². The van der Waals surface area contributed by atoms with E-state index in [-0.39, 0.29) is 19.1 Å². The number of hydrogen-bond donors (Lipinski definition) is 3. The summed E-state index contributed by atoms with van der Waals surface area (Å²) in [5.41, 5.74) is 1.62. The normalized spacial score (nSPS) is 16.0. The average molecular weight is 276 g/mol. The van der Waals surface area contributed by atoms with Crippen molar-refractivity contribution in [3.05, 3.63) is 29.8 Å². The molecule has 4 nitrogen and oxygen atoms in total. The molecule has 0 aliphatic heterocycles. The number of aliphatic hydroxyl groups is 1.